The van der Waals surface area contributed by atoms with Crippen molar-refractivity contribution < 1.29 is 22.7 Å². The summed E-state index contributed by atoms with van der Waals surface area (Å²) in [6.45, 7) is -0.556. The van der Waals surface area contributed by atoms with Gasteiger partial charge in [-0.1, -0.05) is 0 Å². The van der Waals surface area contributed by atoms with Gasteiger partial charge in [0.05, 0.1) is 12.5 Å². The molecule has 0 radical (unpaired) electrons. The van der Waals surface area contributed by atoms with Crippen LogP contribution in [0.1, 0.15) is 12.8 Å². The quantitative estimate of drug-likeness (QED) is 0.734. The molecule has 1 amide bonds. The van der Waals surface area contributed by atoms with Crippen LogP contribution >= 0.6 is 11.6 Å². The van der Waals surface area contributed by atoms with Gasteiger partial charge in [-0.05, 0) is 12.8 Å². The summed E-state index contributed by atoms with van der Waals surface area (Å²) in [7, 11) is 0. The number of rotatable bonds is 4. The van der Waals surface area contributed by atoms with Gasteiger partial charge in [0.2, 0.25) is 5.91 Å². The molecule has 0 N–H and O–H groups in total. The lowest BCUT2D eigenvalue weighted by atomic mass is 10.0. The van der Waals surface area contributed by atoms with Gasteiger partial charge in [0.1, 0.15) is 6.54 Å². The number of hydrogen-bond acceptors (Lipinski definition) is 2. The van der Waals surface area contributed by atoms with Gasteiger partial charge in [-0.15, -0.1) is 11.6 Å². The van der Waals surface area contributed by atoms with E-state index in [-0.39, 0.29) is 19.0 Å². The SMILES string of the molecule is O=C(C1CCCOC1)N(CCCl)CC(F)(F)F. The highest BCUT2D eigenvalue weighted by molar-refractivity contribution is 6.18. The second-order valence-corrected chi connectivity index (χ2v) is 4.36. The lowest BCUT2D eigenvalue weighted by Gasteiger charge is -2.29. The fraction of sp³-hybridized carbons (Fsp3) is 0.900. The molecule has 1 fully saturated rings. The summed E-state index contributed by atoms with van der Waals surface area (Å²) in [5.74, 6) is -0.980. The van der Waals surface area contributed by atoms with Crippen LogP contribution in [0.2, 0.25) is 0 Å². The third kappa shape index (κ3) is 5.12. The van der Waals surface area contributed by atoms with E-state index in [0.29, 0.717) is 19.4 Å². The van der Waals surface area contributed by atoms with Crippen LogP contribution in [0.25, 0.3) is 0 Å². The van der Waals surface area contributed by atoms with Crippen molar-refractivity contribution in [1.29, 1.82) is 0 Å². The first kappa shape index (κ1) is 14.6. The van der Waals surface area contributed by atoms with E-state index < -0.39 is 24.5 Å². The molecule has 3 nitrogen and oxygen atoms in total. The van der Waals surface area contributed by atoms with Crippen molar-refractivity contribution >= 4 is 17.5 Å². The third-order valence-corrected chi connectivity index (χ3v) is 2.71. The Hall–Kier alpha value is -0.490. The molecule has 17 heavy (non-hydrogen) atoms. The molecule has 0 aromatic heterocycles. The number of nitrogens with zero attached hydrogens (tertiary/aromatic N) is 1. The average Bonchev–Trinajstić information content (AvgIpc) is 2.27. The zero-order valence-electron chi connectivity index (χ0n) is 9.30. The molecular weight excluding hydrogens is 259 g/mol. The number of halogens is 4. The fourth-order valence-corrected chi connectivity index (χ4v) is 1.98. The molecule has 1 atom stereocenters. The molecule has 0 aromatic carbocycles. The minimum Gasteiger partial charge on any atom is -0.381 e. The second-order valence-electron chi connectivity index (χ2n) is 3.98. The molecule has 7 heteroatoms. The Labute approximate surface area is 103 Å². The molecule has 1 saturated heterocycles. The standard InChI is InChI=1S/C10H15ClF3NO2/c11-3-4-15(7-10(12,13)14)9(16)8-2-1-5-17-6-8/h8H,1-7H2. The monoisotopic (exact) mass is 273 g/mol. The smallest absolute Gasteiger partial charge is 0.381 e. The molecule has 0 bridgehead atoms. The molecule has 1 rings (SSSR count). The van der Waals surface area contributed by atoms with Crippen LogP contribution in [0.4, 0.5) is 13.2 Å². The van der Waals surface area contributed by atoms with Crippen molar-refractivity contribution in [3.05, 3.63) is 0 Å². The molecule has 0 saturated carbocycles. The van der Waals surface area contributed by atoms with Gasteiger partial charge in [0.15, 0.2) is 0 Å². The Bertz CT molecular complexity index is 254. The van der Waals surface area contributed by atoms with Gasteiger partial charge in [-0.2, -0.15) is 13.2 Å². The number of hydrogen-bond donors (Lipinski definition) is 0. The first-order valence-electron chi connectivity index (χ1n) is 5.43. The van der Waals surface area contributed by atoms with Gasteiger partial charge in [-0.25, -0.2) is 0 Å². The van der Waals surface area contributed by atoms with E-state index in [1.807, 2.05) is 0 Å². The van der Waals surface area contributed by atoms with Crippen molar-refractivity contribution in [1.82, 2.24) is 4.90 Å². The van der Waals surface area contributed by atoms with Gasteiger partial charge in [0, 0.05) is 19.0 Å². The lowest BCUT2D eigenvalue weighted by Crippen LogP contribution is -2.45. The van der Waals surface area contributed by atoms with Crippen LogP contribution in [-0.2, 0) is 9.53 Å². The molecule has 1 heterocycles. The Morgan fingerprint density at radius 1 is 1.47 bits per heavy atom. The summed E-state index contributed by atoms with van der Waals surface area (Å²) in [5.41, 5.74) is 0. The zero-order valence-corrected chi connectivity index (χ0v) is 10.1. The topological polar surface area (TPSA) is 29.5 Å². The summed E-state index contributed by atoms with van der Waals surface area (Å²) in [6.07, 6.45) is -3.11. The van der Waals surface area contributed by atoms with E-state index in [9.17, 15) is 18.0 Å². The summed E-state index contributed by atoms with van der Waals surface area (Å²) < 4.78 is 42.0. The van der Waals surface area contributed by atoms with Crippen LogP contribution < -0.4 is 0 Å². The van der Waals surface area contributed by atoms with E-state index in [1.165, 1.54) is 0 Å². The molecule has 0 aliphatic carbocycles. The first-order chi connectivity index (χ1) is 7.94. The molecule has 0 aromatic rings. The fourth-order valence-electron chi connectivity index (χ4n) is 1.78. The summed E-state index contributed by atoms with van der Waals surface area (Å²) >= 11 is 5.42. The summed E-state index contributed by atoms with van der Waals surface area (Å²) in [4.78, 5) is 12.6. The van der Waals surface area contributed by atoms with Crippen LogP contribution in [-0.4, -0.2) is 49.2 Å². The van der Waals surface area contributed by atoms with Crippen molar-refractivity contribution in [2.24, 2.45) is 5.92 Å². The number of ether oxygens (including phenoxy) is 1. The van der Waals surface area contributed by atoms with Gasteiger partial charge < -0.3 is 9.64 Å². The average molecular weight is 274 g/mol. The normalized spacial score (nSPS) is 21.3. The number of amides is 1. The highest BCUT2D eigenvalue weighted by Crippen LogP contribution is 2.21. The van der Waals surface area contributed by atoms with E-state index in [1.54, 1.807) is 0 Å². The van der Waals surface area contributed by atoms with Crippen molar-refractivity contribution in [3.63, 3.8) is 0 Å². The molecule has 1 aliphatic rings. The Kier molecular flexibility index (Phi) is 5.52. The summed E-state index contributed by atoms with van der Waals surface area (Å²) in [6, 6.07) is 0. The van der Waals surface area contributed by atoms with Crippen molar-refractivity contribution in [3.8, 4) is 0 Å². The van der Waals surface area contributed by atoms with Crippen molar-refractivity contribution in [2.75, 3.05) is 32.2 Å². The maximum absolute atomic E-state index is 12.3. The molecule has 100 valence electrons. The second kappa shape index (κ2) is 6.44. The Balaban J connectivity index is 2.58. The summed E-state index contributed by atoms with van der Waals surface area (Å²) in [5, 5.41) is 0. The van der Waals surface area contributed by atoms with Crippen molar-refractivity contribution in [2.45, 2.75) is 19.0 Å². The molecule has 0 spiro atoms. The minimum atomic E-state index is -4.39. The maximum Gasteiger partial charge on any atom is 0.406 e. The van der Waals surface area contributed by atoms with Gasteiger partial charge >= 0.3 is 6.18 Å². The Morgan fingerprint density at radius 3 is 2.65 bits per heavy atom. The zero-order chi connectivity index (χ0) is 12.9. The van der Waals surface area contributed by atoms with E-state index in [0.717, 1.165) is 4.90 Å². The lowest BCUT2D eigenvalue weighted by molar-refractivity contribution is -0.165. The number of alkyl halides is 4. The number of carbonyl (C=O) groups excluding carboxylic acids is 1. The minimum absolute atomic E-state index is 0.00457. The predicted molar refractivity (Wildman–Crippen MR) is 56.9 cm³/mol. The largest absolute Gasteiger partial charge is 0.406 e. The van der Waals surface area contributed by atoms with Crippen LogP contribution in [0.15, 0.2) is 0 Å². The Morgan fingerprint density at radius 2 is 2.18 bits per heavy atom. The van der Waals surface area contributed by atoms with Gasteiger partial charge in [0.25, 0.3) is 0 Å². The first-order valence-corrected chi connectivity index (χ1v) is 5.96. The van der Waals surface area contributed by atoms with Gasteiger partial charge in [-0.3, -0.25) is 4.79 Å². The molecule has 1 unspecified atom stereocenters. The van der Waals surface area contributed by atoms with Crippen LogP contribution in [0, 0.1) is 5.92 Å². The molecular formula is C10H15ClF3NO2. The van der Waals surface area contributed by atoms with Crippen LogP contribution in [0.3, 0.4) is 0 Å². The maximum atomic E-state index is 12.3. The third-order valence-electron chi connectivity index (χ3n) is 2.55. The predicted octanol–water partition coefficient (Wildman–Crippen LogP) is 2.04. The van der Waals surface area contributed by atoms with E-state index >= 15 is 0 Å². The highest BCUT2D eigenvalue weighted by atomic mass is 35.5. The molecule has 1 aliphatic heterocycles. The highest BCUT2D eigenvalue weighted by Gasteiger charge is 2.35. The number of carbonyl (C=O) groups is 1. The van der Waals surface area contributed by atoms with Crippen LogP contribution in [0.5, 0.6) is 0 Å². The van der Waals surface area contributed by atoms with E-state index in [2.05, 4.69) is 0 Å². The van der Waals surface area contributed by atoms with E-state index in [4.69, 9.17) is 16.3 Å².